The molecular weight excluding hydrogens is 172 g/mol. The highest BCUT2D eigenvalue weighted by molar-refractivity contribution is 5.84. The molecule has 0 aliphatic rings. The van der Waals surface area contributed by atoms with E-state index in [-0.39, 0.29) is 12.5 Å². The normalized spacial score (nSPS) is 12.2. The first-order chi connectivity index (χ1) is 6.07. The van der Waals surface area contributed by atoms with Crippen molar-refractivity contribution in [3.8, 4) is 0 Å². The molecule has 0 aliphatic carbocycles. The third kappa shape index (κ3) is 6.10. The van der Waals surface area contributed by atoms with Crippen LogP contribution in [0.3, 0.4) is 0 Å². The van der Waals surface area contributed by atoms with E-state index in [1.54, 1.807) is 0 Å². The summed E-state index contributed by atoms with van der Waals surface area (Å²) in [6.07, 6.45) is 0.946. The zero-order chi connectivity index (χ0) is 10.3. The predicted octanol–water partition coefficient (Wildman–Crippen LogP) is -0.425. The van der Waals surface area contributed by atoms with Gasteiger partial charge in [-0.15, -0.1) is 0 Å². The number of nitrogens with one attached hydrogen (secondary N) is 2. The van der Waals surface area contributed by atoms with Crippen molar-refractivity contribution >= 4 is 11.9 Å². The maximum Gasteiger partial charge on any atom is 0.325 e. The van der Waals surface area contributed by atoms with Crippen molar-refractivity contribution in [3.05, 3.63) is 0 Å². The Balaban J connectivity index is 3.56. The van der Waals surface area contributed by atoms with Crippen LogP contribution in [-0.2, 0) is 9.59 Å². The fraction of sp³-hybridized carbons (Fsp3) is 0.750. The second kappa shape index (κ2) is 6.42. The molecule has 0 aromatic heterocycles. The average molecular weight is 188 g/mol. The van der Waals surface area contributed by atoms with Gasteiger partial charge in [0.2, 0.25) is 5.91 Å². The number of amides is 1. The predicted molar refractivity (Wildman–Crippen MR) is 48.4 cm³/mol. The minimum atomic E-state index is -1.02. The van der Waals surface area contributed by atoms with Crippen LogP contribution in [0.1, 0.15) is 20.3 Å². The van der Waals surface area contributed by atoms with E-state index in [1.807, 2.05) is 6.92 Å². The molecule has 0 bridgehead atoms. The highest BCUT2D eigenvalue weighted by Crippen LogP contribution is 1.80. The second-order valence-electron chi connectivity index (χ2n) is 2.80. The van der Waals surface area contributed by atoms with Crippen molar-refractivity contribution in [2.45, 2.75) is 26.3 Å². The Morgan fingerprint density at radius 1 is 1.46 bits per heavy atom. The quantitative estimate of drug-likeness (QED) is 0.494. The monoisotopic (exact) mass is 188 g/mol. The summed E-state index contributed by atoms with van der Waals surface area (Å²) in [4.78, 5) is 21.3. The Hall–Kier alpha value is -1.10. The highest BCUT2D eigenvalue weighted by Gasteiger charge is 2.12. The largest absolute Gasteiger partial charge is 0.480 e. The molecule has 5 heteroatoms. The van der Waals surface area contributed by atoms with Crippen molar-refractivity contribution < 1.29 is 14.7 Å². The molecule has 3 N–H and O–H groups in total. The molecule has 5 nitrogen and oxygen atoms in total. The number of carbonyl (C=O) groups excluding carboxylic acids is 1. The molecule has 0 fully saturated rings. The topological polar surface area (TPSA) is 78.4 Å². The van der Waals surface area contributed by atoms with Gasteiger partial charge < -0.3 is 15.7 Å². The van der Waals surface area contributed by atoms with Crippen LogP contribution in [0.5, 0.6) is 0 Å². The van der Waals surface area contributed by atoms with Gasteiger partial charge in [-0.05, 0) is 19.9 Å². The SMILES string of the molecule is CCCNCC(=O)NC(C)C(=O)O. The maximum absolute atomic E-state index is 11.0. The van der Waals surface area contributed by atoms with Crippen molar-refractivity contribution in [1.29, 1.82) is 0 Å². The second-order valence-corrected chi connectivity index (χ2v) is 2.80. The zero-order valence-electron chi connectivity index (χ0n) is 7.96. The molecule has 0 radical (unpaired) electrons. The maximum atomic E-state index is 11.0. The van der Waals surface area contributed by atoms with Crippen LogP contribution in [0.4, 0.5) is 0 Å². The van der Waals surface area contributed by atoms with Crippen molar-refractivity contribution in [2.24, 2.45) is 0 Å². The summed E-state index contributed by atoms with van der Waals surface area (Å²) in [7, 11) is 0. The van der Waals surface area contributed by atoms with Gasteiger partial charge in [-0.2, -0.15) is 0 Å². The van der Waals surface area contributed by atoms with Crippen LogP contribution in [0, 0.1) is 0 Å². The van der Waals surface area contributed by atoms with E-state index in [2.05, 4.69) is 10.6 Å². The first kappa shape index (κ1) is 11.9. The van der Waals surface area contributed by atoms with Gasteiger partial charge in [-0.3, -0.25) is 9.59 Å². The average Bonchev–Trinajstić information content (AvgIpc) is 2.04. The number of carboxylic acid groups (broad SMARTS) is 1. The third-order valence-electron chi connectivity index (χ3n) is 1.46. The molecule has 1 unspecified atom stereocenters. The van der Waals surface area contributed by atoms with Gasteiger partial charge in [-0.25, -0.2) is 0 Å². The highest BCUT2D eigenvalue weighted by atomic mass is 16.4. The van der Waals surface area contributed by atoms with Crippen molar-refractivity contribution in [2.75, 3.05) is 13.1 Å². The lowest BCUT2D eigenvalue weighted by molar-refractivity contribution is -0.141. The summed E-state index contributed by atoms with van der Waals surface area (Å²) in [5.41, 5.74) is 0. The van der Waals surface area contributed by atoms with Gasteiger partial charge >= 0.3 is 5.97 Å². The molecule has 1 atom stereocenters. The molecular formula is C8H16N2O3. The molecule has 76 valence electrons. The molecule has 0 saturated carbocycles. The van der Waals surface area contributed by atoms with Crippen molar-refractivity contribution in [3.63, 3.8) is 0 Å². The summed E-state index contributed by atoms with van der Waals surface area (Å²) in [5, 5.41) is 13.7. The smallest absolute Gasteiger partial charge is 0.325 e. The number of hydrogen-bond donors (Lipinski definition) is 3. The third-order valence-corrected chi connectivity index (χ3v) is 1.46. The van der Waals surface area contributed by atoms with E-state index in [4.69, 9.17) is 5.11 Å². The lowest BCUT2D eigenvalue weighted by Crippen LogP contribution is -2.42. The number of rotatable bonds is 6. The van der Waals surface area contributed by atoms with Gasteiger partial charge in [0.25, 0.3) is 0 Å². The van der Waals surface area contributed by atoms with Crippen LogP contribution in [0.25, 0.3) is 0 Å². The molecule has 1 amide bonds. The Labute approximate surface area is 77.5 Å². The Morgan fingerprint density at radius 2 is 2.08 bits per heavy atom. The summed E-state index contributed by atoms with van der Waals surface area (Å²) in [5.74, 6) is -1.31. The number of carboxylic acids is 1. The number of hydrogen-bond acceptors (Lipinski definition) is 3. The molecule has 0 saturated heterocycles. The molecule has 0 aliphatic heterocycles. The van der Waals surface area contributed by atoms with E-state index in [1.165, 1.54) is 6.92 Å². The molecule has 0 rings (SSSR count). The standard InChI is InChI=1S/C8H16N2O3/c1-3-4-9-5-7(11)10-6(2)8(12)13/h6,9H,3-5H2,1-2H3,(H,10,11)(H,12,13). The summed E-state index contributed by atoms with van der Waals surface area (Å²) >= 11 is 0. The fourth-order valence-corrected chi connectivity index (χ4v) is 0.733. The zero-order valence-corrected chi connectivity index (χ0v) is 7.96. The fourth-order valence-electron chi connectivity index (χ4n) is 0.733. The van der Waals surface area contributed by atoms with E-state index in [9.17, 15) is 9.59 Å². The van der Waals surface area contributed by atoms with Crippen LogP contribution in [0.2, 0.25) is 0 Å². The van der Waals surface area contributed by atoms with Crippen LogP contribution < -0.4 is 10.6 Å². The lowest BCUT2D eigenvalue weighted by Gasteiger charge is -2.09. The van der Waals surface area contributed by atoms with Crippen LogP contribution in [0.15, 0.2) is 0 Å². The number of carbonyl (C=O) groups is 2. The van der Waals surface area contributed by atoms with Crippen molar-refractivity contribution in [1.82, 2.24) is 10.6 Å². The van der Waals surface area contributed by atoms with Gasteiger partial charge in [-0.1, -0.05) is 6.92 Å². The summed E-state index contributed by atoms with van der Waals surface area (Å²) in [6, 6.07) is -0.823. The minimum absolute atomic E-state index is 0.172. The van der Waals surface area contributed by atoms with Crippen LogP contribution in [-0.4, -0.2) is 36.1 Å². The molecule has 0 spiro atoms. The Kier molecular flexibility index (Phi) is 5.88. The van der Waals surface area contributed by atoms with E-state index < -0.39 is 12.0 Å². The molecule has 13 heavy (non-hydrogen) atoms. The Bertz CT molecular complexity index is 182. The number of aliphatic carboxylic acids is 1. The van der Waals surface area contributed by atoms with Gasteiger partial charge in [0.1, 0.15) is 6.04 Å². The van der Waals surface area contributed by atoms with E-state index >= 15 is 0 Å². The Morgan fingerprint density at radius 3 is 2.54 bits per heavy atom. The van der Waals surface area contributed by atoms with E-state index in [0.29, 0.717) is 0 Å². The summed E-state index contributed by atoms with van der Waals surface area (Å²) < 4.78 is 0. The first-order valence-electron chi connectivity index (χ1n) is 4.30. The van der Waals surface area contributed by atoms with E-state index in [0.717, 1.165) is 13.0 Å². The first-order valence-corrected chi connectivity index (χ1v) is 4.30. The molecule has 0 aromatic rings. The molecule has 0 heterocycles. The molecule has 0 aromatic carbocycles. The van der Waals surface area contributed by atoms with Gasteiger partial charge in [0.05, 0.1) is 6.54 Å². The lowest BCUT2D eigenvalue weighted by atomic mass is 10.3. The van der Waals surface area contributed by atoms with Gasteiger partial charge in [0.15, 0.2) is 0 Å². The summed E-state index contributed by atoms with van der Waals surface area (Å²) in [6.45, 7) is 4.35. The van der Waals surface area contributed by atoms with Gasteiger partial charge in [0, 0.05) is 0 Å². The van der Waals surface area contributed by atoms with Crippen LogP contribution >= 0.6 is 0 Å². The minimum Gasteiger partial charge on any atom is -0.480 e.